The van der Waals surface area contributed by atoms with E-state index in [1.807, 2.05) is 6.08 Å². The first-order valence-corrected chi connectivity index (χ1v) is 12.1. The third-order valence-corrected chi connectivity index (χ3v) is 11.8. The molecule has 0 aromatic heterocycles. The molecule has 9 atom stereocenters. The van der Waals surface area contributed by atoms with E-state index < -0.39 is 0 Å². The van der Waals surface area contributed by atoms with Crippen LogP contribution >= 0.6 is 0 Å². The summed E-state index contributed by atoms with van der Waals surface area (Å²) in [5.74, 6) is 3.27. The summed E-state index contributed by atoms with van der Waals surface area (Å²) < 4.78 is 0. The van der Waals surface area contributed by atoms with Gasteiger partial charge in [-0.2, -0.15) is 0 Å². The molecule has 2 nitrogen and oxygen atoms in total. The number of carbonyl (C=O) groups is 1. The Bertz CT molecular complexity index is 711. The first-order chi connectivity index (χ1) is 13.2. The second kappa shape index (κ2) is 5.96. The minimum absolute atomic E-state index is 0.176. The van der Waals surface area contributed by atoms with Crippen LogP contribution in [0, 0.1) is 51.2 Å². The van der Waals surface area contributed by atoms with Gasteiger partial charge in [0.15, 0.2) is 5.78 Å². The molecule has 156 valence electrons. The topological polar surface area (TPSA) is 37.3 Å². The van der Waals surface area contributed by atoms with E-state index in [0.29, 0.717) is 35.1 Å². The average Bonchev–Trinajstić information content (AvgIpc) is 3.10. The third kappa shape index (κ3) is 2.12. The van der Waals surface area contributed by atoms with Crippen molar-refractivity contribution in [3.63, 3.8) is 0 Å². The van der Waals surface area contributed by atoms with Crippen LogP contribution in [-0.2, 0) is 4.79 Å². The molecule has 4 saturated carbocycles. The van der Waals surface area contributed by atoms with Gasteiger partial charge in [-0.05, 0) is 103 Å². The first-order valence-electron chi connectivity index (χ1n) is 12.1. The molecule has 1 N–H and O–H groups in total. The van der Waals surface area contributed by atoms with E-state index in [1.54, 1.807) is 0 Å². The molecule has 0 saturated heterocycles. The predicted molar refractivity (Wildman–Crippen MR) is 113 cm³/mol. The fraction of sp³-hybridized carbons (Fsp3) is 0.885. The van der Waals surface area contributed by atoms with E-state index in [1.165, 1.54) is 57.8 Å². The Morgan fingerprint density at radius 1 is 0.929 bits per heavy atom. The molecule has 0 radical (unpaired) electrons. The second-order valence-corrected chi connectivity index (χ2v) is 12.1. The van der Waals surface area contributed by atoms with Gasteiger partial charge in [-0.1, -0.05) is 40.2 Å². The third-order valence-electron chi connectivity index (χ3n) is 11.8. The van der Waals surface area contributed by atoms with Crippen molar-refractivity contribution in [2.45, 2.75) is 85.5 Å². The van der Waals surface area contributed by atoms with Crippen LogP contribution in [0.2, 0.25) is 0 Å². The Labute approximate surface area is 171 Å². The summed E-state index contributed by atoms with van der Waals surface area (Å²) in [6, 6.07) is 0. The minimum atomic E-state index is 0.176. The Hall–Kier alpha value is -0.630. The van der Waals surface area contributed by atoms with Gasteiger partial charge in [-0.3, -0.25) is 4.79 Å². The SMILES string of the molecule is CC1C(=O)C=CC2(C)C1CCC1(C)C2CCC2C3CCCC3(CO)CC[C@]21C. The lowest BCUT2D eigenvalue weighted by molar-refractivity contribution is -0.213. The van der Waals surface area contributed by atoms with Gasteiger partial charge in [0, 0.05) is 12.5 Å². The van der Waals surface area contributed by atoms with Crippen molar-refractivity contribution < 1.29 is 9.90 Å². The highest BCUT2D eigenvalue weighted by atomic mass is 16.3. The monoisotopic (exact) mass is 384 g/mol. The van der Waals surface area contributed by atoms with Gasteiger partial charge in [-0.15, -0.1) is 0 Å². The average molecular weight is 385 g/mol. The minimum Gasteiger partial charge on any atom is -0.396 e. The summed E-state index contributed by atoms with van der Waals surface area (Å²) in [6.07, 6.45) is 15.8. The zero-order valence-electron chi connectivity index (χ0n) is 18.5. The van der Waals surface area contributed by atoms with Crippen LogP contribution < -0.4 is 0 Å². The highest BCUT2D eigenvalue weighted by Crippen LogP contribution is 2.75. The van der Waals surface area contributed by atoms with Gasteiger partial charge in [-0.25, -0.2) is 0 Å². The van der Waals surface area contributed by atoms with E-state index in [0.717, 1.165) is 11.8 Å². The van der Waals surface area contributed by atoms with E-state index in [2.05, 4.69) is 33.8 Å². The van der Waals surface area contributed by atoms with Crippen molar-refractivity contribution in [1.29, 1.82) is 0 Å². The van der Waals surface area contributed by atoms with Crippen molar-refractivity contribution in [3.8, 4) is 0 Å². The van der Waals surface area contributed by atoms with Crippen LogP contribution in [0.1, 0.15) is 85.5 Å². The summed E-state index contributed by atoms with van der Waals surface area (Å²) in [4.78, 5) is 12.4. The van der Waals surface area contributed by atoms with Crippen LogP contribution in [0.15, 0.2) is 12.2 Å². The standard InChI is InChI=1S/C26H40O2/c1-17-18-9-13-25(4)22(23(18,2)12-10-21(17)28)8-7-19-20-6-5-11-26(20,16-27)15-14-24(19,25)3/h10,12,17-20,22,27H,5-9,11,13-16H2,1-4H3/t17?,18?,19?,20?,22?,23?,24-,25?,26?/m1/s1. The zero-order chi connectivity index (χ0) is 19.9. The van der Waals surface area contributed by atoms with Crippen molar-refractivity contribution in [3.05, 3.63) is 12.2 Å². The number of hydrogen-bond donors (Lipinski definition) is 1. The first kappa shape index (κ1) is 19.3. The fourth-order valence-corrected chi connectivity index (χ4v) is 9.93. The van der Waals surface area contributed by atoms with Crippen LogP contribution in [0.3, 0.4) is 0 Å². The summed E-state index contributed by atoms with van der Waals surface area (Å²) in [5.41, 5.74) is 1.15. The highest BCUT2D eigenvalue weighted by molar-refractivity contribution is 5.93. The van der Waals surface area contributed by atoms with E-state index in [-0.39, 0.29) is 16.7 Å². The van der Waals surface area contributed by atoms with Crippen molar-refractivity contribution >= 4 is 5.78 Å². The number of ketones is 1. The quantitative estimate of drug-likeness (QED) is 0.621. The number of rotatable bonds is 1. The number of hydrogen-bond acceptors (Lipinski definition) is 2. The van der Waals surface area contributed by atoms with Crippen molar-refractivity contribution in [1.82, 2.24) is 0 Å². The Balaban J connectivity index is 1.55. The molecule has 0 aliphatic heterocycles. The Morgan fingerprint density at radius 3 is 2.46 bits per heavy atom. The normalized spacial score (nSPS) is 57.9. The van der Waals surface area contributed by atoms with E-state index in [9.17, 15) is 9.90 Å². The van der Waals surface area contributed by atoms with Crippen LogP contribution in [0.4, 0.5) is 0 Å². The van der Waals surface area contributed by atoms with Crippen LogP contribution in [0.5, 0.6) is 0 Å². The number of aliphatic hydroxyl groups excluding tert-OH is 1. The molecule has 28 heavy (non-hydrogen) atoms. The van der Waals surface area contributed by atoms with Gasteiger partial charge in [0.25, 0.3) is 0 Å². The Morgan fingerprint density at radius 2 is 1.71 bits per heavy atom. The maximum absolute atomic E-state index is 12.4. The Kier molecular flexibility index (Phi) is 4.12. The predicted octanol–water partition coefficient (Wildman–Crippen LogP) is 5.79. The summed E-state index contributed by atoms with van der Waals surface area (Å²) >= 11 is 0. The molecule has 0 amide bonds. The van der Waals surface area contributed by atoms with Crippen molar-refractivity contribution in [2.24, 2.45) is 51.2 Å². The van der Waals surface area contributed by atoms with Gasteiger partial charge >= 0.3 is 0 Å². The molecular formula is C26H40O2. The molecule has 0 aromatic rings. The number of fused-ring (bicyclic) bond motifs is 7. The lowest BCUT2D eigenvalue weighted by Crippen LogP contribution is -2.64. The molecule has 5 aliphatic rings. The van der Waals surface area contributed by atoms with Gasteiger partial charge in [0.1, 0.15) is 0 Å². The summed E-state index contributed by atoms with van der Waals surface area (Å²) in [6.45, 7) is 10.3. The molecule has 5 rings (SSSR count). The van der Waals surface area contributed by atoms with E-state index >= 15 is 0 Å². The van der Waals surface area contributed by atoms with Crippen LogP contribution in [-0.4, -0.2) is 17.5 Å². The maximum Gasteiger partial charge on any atom is 0.158 e. The molecule has 0 aromatic carbocycles. The van der Waals surface area contributed by atoms with Crippen molar-refractivity contribution in [2.75, 3.05) is 6.61 Å². The summed E-state index contributed by atoms with van der Waals surface area (Å²) in [5, 5.41) is 10.3. The number of allylic oxidation sites excluding steroid dienone is 2. The van der Waals surface area contributed by atoms with Gasteiger partial charge in [0.05, 0.1) is 0 Å². The van der Waals surface area contributed by atoms with Crippen LogP contribution in [0.25, 0.3) is 0 Å². The lowest BCUT2D eigenvalue weighted by atomic mass is 9.34. The van der Waals surface area contributed by atoms with Gasteiger partial charge in [0.2, 0.25) is 0 Å². The molecule has 4 fully saturated rings. The molecule has 8 unspecified atom stereocenters. The van der Waals surface area contributed by atoms with Gasteiger partial charge < -0.3 is 5.11 Å². The van der Waals surface area contributed by atoms with E-state index in [4.69, 9.17) is 0 Å². The smallest absolute Gasteiger partial charge is 0.158 e. The number of aliphatic hydroxyl groups is 1. The zero-order valence-corrected chi connectivity index (χ0v) is 18.5. The molecule has 0 heterocycles. The lowest BCUT2D eigenvalue weighted by Gasteiger charge is -2.70. The molecule has 5 aliphatic carbocycles. The fourth-order valence-electron chi connectivity index (χ4n) is 9.93. The maximum atomic E-state index is 12.4. The molecule has 2 heteroatoms. The molecule has 0 bridgehead atoms. The summed E-state index contributed by atoms with van der Waals surface area (Å²) in [7, 11) is 0. The second-order valence-electron chi connectivity index (χ2n) is 12.1. The number of carbonyl (C=O) groups excluding carboxylic acids is 1. The highest BCUT2D eigenvalue weighted by Gasteiger charge is 2.68. The molecule has 0 spiro atoms. The molecular weight excluding hydrogens is 344 g/mol. The largest absolute Gasteiger partial charge is 0.396 e.